The molecule has 1 N–H and O–H groups in total. The molecule has 0 fully saturated rings. The molecule has 182 valence electrons. The molecule has 5 rings (SSSR count). The molecule has 0 unspecified atom stereocenters. The Kier molecular flexibility index (Phi) is 5.99. The molecule has 10 heteroatoms. The van der Waals surface area contributed by atoms with E-state index in [0.717, 1.165) is 10.1 Å². The summed E-state index contributed by atoms with van der Waals surface area (Å²) in [6, 6.07) is 17.5. The third-order valence-electron chi connectivity index (χ3n) is 5.77. The van der Waals surface area contributed by atoms with E-state index >= 15 is 0 Å². The maximum absolute atomic E-state index is 13.1. The smallest absolute Gasteiger partial charge is 0.329 e. The molecule has 0 saturated heterocycles. The van der Waals surface area contributed by atoms with Crippen LogP contribution < -0.4 is 25.5 Å². The fourth-order valence-corrected chi connectivity index (χ4v) is 3.92. The molecular weight excluding hydrogens is 464 g/mol. The summed E-state index contributed by atoms with van der Waals surface area (Å²) in [6.45, 7) is 0.113. The number of H-pyrrole nitrogens is 1. The minimum Gasteiger partial charge on any atom is -0.497 e. The maximum atomic E-state index is 13.1. The van der Waals surface area contributed by atoms with E-state index in [0.29, 0.717) is 45.1 Å². The van der Waals surface area contributed by atoms with Gasteiger partial charge in [0.25, 0.3) is 11.4 Å². The van der Waals surface area contributed by atoms with Gasteiger partial charge in [-0.25, -0.2) is 4.79 Å². The first-order valence-corrected chi connectivity index (χ1v) is 11.0. The number of ether oxygens (including phenoxy) is 3. The number of methoxy groups -OCH3 is 3. The van der Waals surface area contributed by atoms with E-state index in [1.54, 1.807) is 75.9 Å². The number of nitrogens with zero attached hydrogens (tertiary/aromatic N) is 3. The lowest BCUT2D eigenvalue weighted by Gasteiger charge is -2.08. The Morgan fingerprint density at radius 2 is 1.69 bits per heavy atom. The van der Waals surface area contributed by atoms with Crippen molar-refractivity contribution < 1.29 is 18.7 Å². The van der Waals surface area contributed by atoms with Crippen molar-refractivity contribution in [3.05, 3.63) is 87.1 Å². The van der Waals surface area contributed by atoms with Crippen LogP contribution in [-0.2, 0) is 6.54 Å². The third-order valence-corrected chi connectivity index (χ3v) is 5.77. The molecule has 2 aromatic heterocycles. The van der Waals surface area contributed by atoms with E-state index < -0.39 is 11.2 Å². The molecule has 3 aromatic carbocycles. The Balaban J connectivity index is 1.48. The molecule has 10 nitrogen and oxygen atoms in total. The van der Waals surface area contributed by atoms with Gasteiger partial charge in [0.15, 0.2) is 11.5 Å². The highest BCUT2D eigenvalue weighted by molar-refractivity contribution is 5.82. The van der Waals surface area contributed by atoms with Crippen molar-refractivity contribution >= 4 is 10.9 Å². The first kappa shape index (κ1) is 22.9. The molecule has 5 aromatic rings. The van der Waals surface area contributed by atoms with E-state index in [1.807, 2.05) is 6.07 Å². The molecule has 2 heterocycles. The first-order chi connectivity index (χ1) is 17.5. The van der Waals surface area contributed by atoms with Crippen LogP contribution in [-0.4, -0.2) is 41.0 Å². The quantitative estimate of drug-likeness (QED) is 0.371. The largest absolute Gasteiger partial charge is 0.497 e. The summed E-state index contributed by atoms with van der Waals surface area (Å²) >= 11 is 0. The van der Waals surface area contributed by atoms with Crippen molar-refractivity contribution in [1.82, 2.24) is 19.7 Å². The van der Waals surface area contributed by atoms with Crippen molar-refractivity contribution in [3.63, 3.8) is 0 Å². The molecule has 0 atom stereocenters. The number of hydrogen-bond donors (Lipinski definition) is 1. The van der Waals surface area contributed by atoms with E-state index in [9.17, 15) is 9.59 Å². The molecule has 36 heavy (non-hydrogen) atoms. The summed E-state index contributed by atoms with van der Waals surface area (Å²) in [4.78, 5) is 33.1. The average Bonchev–Trinajstić information content (AvgIpc) is 3.41. The van der Waals surface area contributed by atoms with Gasteiger partial charge in [-0.2, -0.15) is 4.98 Å². The molecule has 0 bridgehead atoms. The number of nitrogens with one attached hydrogen (secondary N) is 1. The van der Waals surface area contributed by atoms with Gasteiger partial charge in [0, 0.05) is 11.1 Å². The predicted molar refractivity (Wildman–Crippen MR) is 133 cm³/mol. The number of aromatic amines is 1. The van der Waals surface area contributed by atoms with E-state index in [-0.39, 0.29) is 12.4 Å². The van der Waals surface area contributed by atoms with Crippen LogP contribution in [0.25, 0.3) is 33.7 Å². The van der Waals surface area contributed by atoms with Crippen LogP contribution in [0.2, 0.25) is 0 Å². The van der Waals surface area contributed by atoms with Gasteiger partial charge < -0.3 is 23.7 Å². The van der Waals surface area contributed by atoms with Crippen molar-refractivity contribution in [1.29, 1.82) is 0 Å². The zero-order valence-electron chi connectivity index (χ0n) is 19.8. The Labute approximate surface area is 204 Å². The van der Waals surface area contributed by atoms with Gasteiger partial charge >= 0.3 is 5.69 Å². The number of benzene rings is 3. The lowest BCUT2D eigenvalue weighted by molar-refractivity contribution is 0.355. The van der Waals surface area contributed by atoms with E-state index in [1.165, 1.54) is 0 Å². The average molecular weight is 486 g/mol. The number of hydrogen-bond acceptors (Lipinski definition) is 8. The Hall–Kier alpha value is -4.86. The predicted octanol–water partition coefficient (Wildman–Crippen LogP) is 3.48. The van der Waals surface area contributed by atoms with Gasteiger partial charge in [-0.3, -0.25) is 9.36 Å². The summed E-state index contributed by atoms with van der Waals surface area (Å²) in [5, 5.41) is 4.42. The second-order valence-corrected chi connectivity index (χ2v) is 7.93. The van der Waals surface area contributed by atoms with Gasteiger partial charge in [-0.15, -0.1) is 0 Å². The van der Waals surface area contributed by atoms with Gasteiger partial charge in [0.1, 0.15) is 5.75 Å². The van der Waals surface area contributed by atoms with Crippen LogP contribution in [0.15, 0.2) is 74.8 Å². The third kappa shape index (κ3) is 4.20. The molecule has 0 aliphatic heterocycles. The fraction of sp³-hybridized carbons (Fsp3) is 0.154. The monoisotopic (exact) mass is 486 g/mol. The first-order valence-electron chi connectivity index (χ1n) is 11.0. The van der Waals surface area contributed by atoms with E-state index in [4.69, 9.17) is 18.7 Å². The standard InChI is InChI=1S/C26H22N4O6/c1-33-18-6-4-5-15(11-18)14-30-25(31)19-9-7-17(12-20(19)27-26(30)32)24-28-23(29-36-24)16-8-10-21(34-2)22(13-16)35-3/h4-13H,14H2,1-3H3,(H,27,32). The minimum atomic E-state index is -0.524. The second kappa shape index (κ2) is 9.41. The lowest BCUT2D eigenvalue weighted by Crippen LogP contribution is -2.35. The summed E-state index contributed by atoms with van der Waals surface area (Å²) < 4.78 is 22.4. The van der Waals surface area contributed by atoms with Gasteiger partial charge in [-0.1, -0.05) is 17.3 Å². The SMILES string of the molecule is COc1cccc(Cn2c(=O)[nH]c3cc(-c4nc(-c5ccc(OC)c(OC)c5)no4)ccc3c2=O)c1. The summed E-state index contributed by atoms with van der Waals surface area (Å²) in [5.74, 6) is 2.36. The highest BCUT2D eigenvalue weighted by Crippen LogP contribution is 2.32. The number of rotatable bonds is 7. The van der Waals surface area contributed by atoms with Crippen LogP contribution in [0.5, 0.6) is 17.2 Å². The Bertz CT molecular complexity index is 1680. The van der Waals surface area contributed by atoms with Crippen molar-refractivity contribution in [2.24, 2.45) is 0 Å². The summed E-state index contributed by atoms with van der Waals surface area (Å²) in [6.07, 6.45) is 0. The molecule has 0 aliphatic rings. The number of fused-ring (bicyclic) bond motifs is 1. The molecule has 0 aliphatic carbocycles. The summed E-state index contributed by atoms with van der Waals surface area (Å²) in [5.41, 5.74) is 1.45. The van der Waals surface area contributed by atoms with Crippen LogP contribution in [0.1, 0.15) is 5.56 Å². The number of aromatic nitrogens is 4. The zero-order chi connectivity index (χ0) is 25.2. The van der Waals surface area contributed by atoms with Crippen molar-refractivity contribution in [2.45, 2.75) is 6.54 Å². The normalized spacial score (nSPS) is 11.0. The van der Waals surface area contributed by atoms with Crippen LogP contribution in [0.3, 0.4) is 0 Å². The zero-order valence-corrected chi connectivity index (χ0v) is 19.8. The van der Waals surface area contributed by atoms with Crippen molar-refractivity contribution in [3.8, 4) is 40.1 Å². The topological polar surface area (TPSA) is 121 Å². The van der Waals surface area contributed by atoms with E-state index in [2.05, 4.69) is 15.1 Å². The molecular formula is C26H22N4O6. The molecule has 0 radical (unpaired) electrons. The fourth-order valence-electron chi connectivity index (χ4n) is 3.92. The highest BCUT2D eigenvalue weighted by atomic mass is 16.5. The van der Waals surface area contributed by atoms with Gasteiger partial charge in [-0.05, 0) is 54.1 Å². The molecule has 0 amide bonds. The van der Waals surface area contributed by atoms with Gasteiger partial charge in [0.2, 0.25) is 5.82 Å². The highest BCUT2D eigenvalue weighted by Gasteiger charge is 2.15. The van der Waals surface area contributed by atoms with Crippen LogP contribution in [0, 0.1) is 0 Å². The van der Waals surface area contributed by atoms with Crippen LogP contribution >= 0.6 is 0 Å². The van der Waals surface area contributed by atoms with Gasteiger partial charge in [0.05, 0.1) is 38.8 Å². The maximum Gasteiger partial charge on any atom is 0.329 e. The minimum absolute atomic E-state index is 0.113. The Morgan fingerprint density at radius 1 is 0.889 bits per heavy atom. The summed E-state index contributed by atoms with van der Waals surface area (Å²) in [7, 11) is 4.66. The lowest BCUT2D eigenvalue weighted by atomic mass is 10.1. The second-order valence-electron chi connectivity index (χ2n) is 7.93. The van der Waals surface area contributed by atoms with Crippen LogP contribution in [0.4, 0.5) is 0 Å². The van der Waals surface area contributed by atoms with Crippen molar-refractivity contribution in [2.75, 3.05) is 21.3 Å². The Morgan fingerprint density at radius 3 is 2.47 bits per heavy atom. The molecule has 0 spiro atoms. The molecule has 0 saturated carbocycles.